The molecule has 0 unspecified atom stereocenters. The molecule has 292 valence electrons. The van der Waals surface area contributed by atoms with Crippen LogP contribution in [0.3, 0.4) is 0 Å². The molecular formula is C38H50N6O9S. The third-order valence-electron chi connectivity index (χ3n) is 10.4. The second kappa shape index (κ2) is 18.5. The van der Waals surface area contributed by atoms with E-state index in [9.17, 15) is 44.1 Å². The summed E-state index contributed by atoms with van der Waals surface area (Å²) in [4.78, 5) is 85.6. The van der Waals surface area contributed by atoms with Gasteiger partial charge in [0.05, 0.1) is 6.04 Å². The highest BCUT2D eigenvalue weighted by atomic mass is 32.2. The first-order valence-electron chi connectivity index (χ1n) is 18.4. The molecule has 3 saturated heterocycles. The lowest BCUT2D eigenvalue weighted by atomic mass is 10.0. The number of nitrogens with two attached hydrogens (primary N) is 1. The number of carboxylic acid groups (broad SMARTS) is 1. The number of aliphatic carboxylic acids is 1. The van der Waals surface area contributed by atoms with Crippen molar-refractivity contribution >= 4 is 47.3 Å². The second-order valence-corrected chi connectivity index (χ2v) is 15.1. The minimum absolute atomic E-state index is 0.0200. The van der Waals surface area contributed by atoms with Crippen LogP contribution >= 0.6 is 11.8 Å². The molecule has 3 fully saturated rings. The van der Waals surface area contributed by atoms with E-state index in [0.717, 1.165) is 0 Å². The Hall–Kier alpha value is -4.83. The van der Waals surface area contributed by atoms with Gasteiger partial charge >= 0.3 is 5.97 Å². The second-order valence-electron chi connectivity index (χ2n) is 14.2. The Morgan fingerprint density at radius 3 is 1.70 bits per heavy atom. The Morgan fingerprint density at radius 1 is 0.722 bits per heavy atom. The van der Waals surface area contributed by atoms with E-state index in [4.69, 9.17) is 5.73 Å². The van der Waals surface area contributed by atoms with Crippen LogP contribution in [0.15, 0.2) is 48.5 Å². The molecule has 0 saturated carbocycles. The Bertz CT molecular complexity index is 1680. The number of nitrogens with zero attached hydrogens (tertiary/aromatic N) is 3. The predicted molar refractivity (Wildman–Crippen MR) is 200 cm³/mol. The largest absolute Gasteiger partial charge is 0.508 e. The fourth-order valence-corrected chi connectivity index (χ4v) is 8.01. The van der Waals surface area contributed by atoms with Crippen molar-refractivity contribution in [1.82, 2.24) is 25.3 Å². The molecule has 3 aliphatic heterocycles. The van der Waals surface area contributed by atoms with Gasteiger partial charge in [-0.15, -0.1) is 0 Å². The van der Waals surface area contributed by atoms with Crippen molar-refractivity contribution in [3.8, 4) is 11.5 Å². The Balaban J connectivity index is 1.27. The monoisotopic (exact) mass is 766 g/mol. The molecule has 5 rings (SSSR count). The van der Waals surface area contributed by atoms with E-state index in [0.29, 0.717) is 68.4 Å². The first kappa shape index (κ1) is 40.4. The number of phenolic OH excluding ortho intramolecular Hbond substituents is 2. The van der Waals surface area contributed by atoms with Gasteiger partial charge in [0.15, 0.2) is 0 Å². The average molecular weight is 767 g/mol. The molecule has 0 aromatic heterocycles. The van der Waals surface area contributed by atoms with E-state index >= 15 is 0 Å². The number of phenols is 2. The molecule has 2 aromatic carbocycles. The van der Waals surface area contributed by atoms with Gasteiger partial charge in [-0.3, -0.25) is 24.0 Å². The van der Waals surface area contributed by atoms with Crippen molar-refractivity contribution in [2.45, 2.75) is 94.0 Å². The summed E-state index contributed by atoms with van der Waals surface area (Å²) in [6.07, 6.45) is 5.13. The standard InChI is InChI=1S/C38H50N6O9S/c1-54-20-16-27(39)33(47)40-28(21-23-8-12-25(45)13-9-23)35(49)43-18-3-6-31(43)37(51)44-19-4-7-32(44)36(50)42-17-2-5-30(42)34(48)41-29(38(52)53)22-24-10-14-26(46)15-11-24/h8-15,27-32,45-46H,2-7,16-22,39H2,1H3,(H,40,47)(H,41,48)(H,52,53)/t27-,28-,29-,30-,31-,32-/m0/s1. The first-order chi connectivity index (χ1) is 25.9. The quantitative estimate of drug-likeness (QED) is 0.150. The number of likely N-dealkylation sites (tertiary alicyclic amines) is 3. The number of carbonyl (C=O) groups is 6. The van der Waals surface area contributed by atoms with Gasteiger partial charge in [-0.1, -0.05) is 24.3 Å². The maximum Gasteiger partial charge on any atom is 0.326 e. The molecule has 0 bridgehead atoms. The molecule has 0 spiro atoms. The highest BCUT2D eigenvalue weighted by molar-refractivity contribution is 7.98. The van der Waals surface area contributed by atoms with Crippen LogP contribution in [0.25, 0.3) is 0 Å². The highest BCUT2D eigenvalue weighted by Gasteiger charge is 2.46. The Labute approximate surface area is 318 Å². The number of benzene rings is 2. The van der Waals surface area contributed by atoms with E-state index in [1.165, 1.54) is 39.0 Å². The van der Waals surface area contributed by atoms with Gasteiger partial charge in [-0.25, -0.2) is 4.79 Å². The fraction of sp³-hybridized carbons (Fsp3) is 0.526. The topological polar surface area (TPSA) is 223 Å². The summed E-state index contributed by atoms with van der Waals surface area (Å²) in [6, 6.07) is 6.58. The molecule has 6 atom stereocenters. The molecule has 5 amide bonds. The zero-order valence-electron chi connectivity index (χ0n) is 30.4. The van der Waals surface area contributed by atoms with Crippen molar-refractivity contribution in [2.24, 2.45) is 5.73 Å². The van der Waals surface area contributed by atoms with Crippen molar-refractivity contribution in [2.75, 3.05) is 31.6 Å². The summed E-state index contributed by atoms with van der Waals surface area (Å²) in [5.74, 6) is -2.77. The maximum absolute atomic E-state index is 14.3. The minimum atomic E-state index is -1.26. The lowest BCUT2D eigenvalue weighted by Crippen LogP contribution is -2.59. The lowest BCUT2D eigenvalue weighted by Gasteiger charge is -2.35. The molecule has 54 heavy (non-hydrogen) atoms. The highest BCUT2D eigenvalue weighted by Crippen LogP contribution is 2.29. The Morgan fingerprint density at radius 2 is 1.19 bits per heavy atom. The van der Waals surface area contributed by atoms with E-state index < -0.39 is 65.8 Å². The molecule has 2 aromatic rings. The molecule has 3 aliphatic rings. The van der Waals surface area contributed by atoms with Crippen molar-refractivity contribution in [1.29, 1.82) is 0 Å². The third kappa shape index (κ3) is 9.82. The lowest BCUT2D eigenvalue weighted by molar-refractivity contribution is -0.151. The number of hydrogen-bond donors (Lipinski definition) is 6. The van der Waals surface area contributed by atoms with Gasteiger partial charge in [0.1, 0.15) is 41.7 Å². The van der Waals surface area contributed by atoms with E-state index in [-0.39, 0.29) is 43.3 Å². The third-order valence-corrected chi connectivity index (χ3v) is 11.1. The summed E-state index contributed by atoms with van der Waals surface area (Å²) in [5.41, 5.74) is 7.42. The number of carbonyl (C=O) groups excluding carboxylic acids is 5. The minimum Gasteiger partial charge on any atom is -0.508 e. The number of amides is 5. The number of aromatic hydroxyl groups is 2. The van der Waals surface area contributed by atoms with Crippen LogP contribution in [0.2, 0.25) is 0 Å². The van der Waals surface area contributed by atoms with Gasteiger partial charge in [-0.2, -0.15) is 11.8 Å². The van der Waals surface area contributed by atoms with Crippen LogP contribution in [0.5, 0.6) is 11.5 Å². The van der Waals surface area contributed by atoms with Crippen molar-refractivity contribution in [3.63, 3.8) is 0 Å². The van der Waals surface area contributed by atoms with Gasteiger partial charge < -0.3 is 46.4 Å². The normalized spacial score (nSPS) is 21.4. The zero-order chi connectivity index (χ0) is 38.9. The SMILES string of the molecule is CSCC[C@H](N)C(=O)N[C@@H](Cc1ccc(O)cc1)C(=O)N1CCC[C@H]1C(=O)N1CCC[C@H]1C(=O)N1CCC[C@H]1C(=O)N[C@@H](Cc1ccc(O)cc1)C(=O)O. The molecule has 0 radical (unpaired) electrons. The molecule has 7 N–H and O–H groups in total. The first-order valence-corrected chi connectivity index (χ1v) is 19.8. The maximum atomic E-state index is 14.3. The van der Waals surface area contributed by atoms with E-state index in [1.54, 1.807) is 36.0 Å². The van der Waals surface area contributed by atoms with Gasteiger partial charge in [0.25, 0.3) is 0 Å². The molecule has 0 aliphatic carbocycles. The van der Waals surface area contributed by atoms with E-state index in [2.05, 4.69) is 10.6 Å². The molecule has 3 heterocycles. The van der Waals surface area contributed by atoms with Crippen molar-refractivity contribution in [3.05, 3.63) is 59.7 Å². The smallest absolute Gasteiger partial charge is 0.326 e. The number of thioether (sulfide) groups is 1. The summed E-state index contributed by atoms with van der Waals surface area (Å²) >= 11 is 1.55. The summed E-state index contributed by atoms with van der Waals surface area (Å²) < 4.78 is 0. The molecule has 15 nitrogen and oxygen atoms in total. The van der Waals surface area contributed by atoms with Crippen LogP contribution in [-0.2, 0) is 41.6 Å². The van der Waals surface area contributed by atoms with Crippen LogP contribution in [0.1, 0.15) is 56.1 Å². The number of carboxylic acids is 1. The van der Waals surface area contributed by atoms with Crippen molar-refractivity contribution < 1.29 is 44.1 Å². The van der Waals surface area contributed by atoms with Crippen LogP contribution < -0.4 is 16.4 Å². The summed E-state index contributed by atoms with van der Waals surface area (Å²) in [6.45, 7) is 0.854. The van der Waals surface area contributed by atoms with Crippen LogP contribution in [0, 0.1) is 0 Å². The van der Waals surface area contributed by atoms with Crippen LogP contribution in [-0.4, -0.2) is 133 Å². The summed E-state index contributed by atoms with van der Waals surface area (Å²) in [7, 11) is 0. The van der Waals surface area contributed by atoms with Gasteiger partial charge in [0, 0.05) is 32.5 Å². The van der Waals surface area contributed by atoms with E-state index in [1.807, 2.05) is 6.26 Å². The molecule has 16 heteroatoms. The molecular weight excluding hydrogens is 717 g/mol. The number of nitrogens with one attached hydrogen (secondary N) is 2. The Kier molecular flexibility index (Phi) is 13.8. The fourth-order valence-electron chi connectivity index (χ4n) is 7.52. The summed E-state index contributed by atoms with van der Waals surface area (Å²) in [5, 5.41) is 34.6. The van der Waals surface area contributed by atoms with Crippen LogP contribution in [0.4, 0.5) is 0 Å². The van der Waals surface area contributed by atoms with Gasteiger partial charge in [0.2, 0.25) is 29.5 Å². The van der Waals surface area contributed by atoms with Gasteiger partial charge in [-0.05, 0) is 92.3 Å². The predicted octanol–water partition coefficient (Wildman–Crippen LogP) is 0.991. The zero-order valence-corrected chi connectivity index (χ0v) is 31.2. The number of rotatable bonds is 15. The number of hydrogen-bond acceptors (Lipinski definition) is 10. The average Bonchev–Trinajstić information content (AvgIpc) is 3.96.